The first-order valence-corrected chi connectivity index (χ1v) is 2.50. The van der Waals surface area contributed by atoms with Crippen molar-refractivity contribution in [2.45, 2.75) is 12.2 Å². The molecule has 1 saturated heterocycles. The Kier molecular flexibility index (Phi) is 1.49. The smallest absolute Gasteiger partial charge is 0.111 e. The van der Waals surface area contributed by atoms with Crippen molar-refractivity contribution >= 4 is 0 Å². The van der Waals surface area contributed by atoms with Gasteiger partial charge in [-0.3, -0.25) is 0 Å². The summed E-state index contributed by atoms with van der Waals surface area (Å²) in [6, 6.07) is 0. The van der Waals surface area contributed by atoms with Gasteiger partial charge in [-0.2, -0.15) is 0 Å². The summed E-state index contributed by atoms with van der Waals surface area (Å²) in [5.74, 6) is 0. The van der Waals surface area contributed by atoms with Gasteiger partial charge in [0.2, 0.25) is 0 Å². The van der Waals surface area contributed by atoms with Gasteiger partial charge in [0.25, 0.3) is 0 Å². The maximum atomic E-state index is 8.81. The Bertz CT molecular complexity index is 124. The molecule has 1 fully saturated rings. The molecule has 0 radical (unpaired) electrons. The number of ether oxygens (including phenoxy) is 1. The molecule has 0 aliphatic carbocycles. The van der Waals surface area contributed by atoms with Gasteiger partial charge in [-0.25, -0.2) is 0 Å². The molecule has 0 saturated carbocycles. The fourth-order valence-corrected chi connectivity index (χ4v) is 0.569. The monoisotopic (exact) mass is 112 g/mol. The summed E-state index contributed by atoms with van der Waals surface area (Å²) < 4.78 is 4.88. The number of rotatable bonds is 1. The summed E-state index contributed by atoms with van der Waals surface area (Å²) >= 11 is 0. The summed E-state index contributed by atoms with van der Waals surface area (Å²) in [5.41, 5.74) is 2.54. The van der Waals surface area contributed by atoms with Gasteiger partial charge in [0.05, 0.1) is 6.61 Å². The topological polar surface area (TPSA) is 29.5 Å². The zero-order valence-electron chi connectivity index (χ0n) is 4.50. The van der Waals surface area contributed by atoms with E-state index < -0.39 is 0 Å². The zero-order valence-corrected chi connectivity index (χ0v) is 4.50. The average Bonchev–Trinajstić information content (AvgIpc) is 1.79. The lowest BCUT2D eigenvalue weighted by Crippen LogP contribution is -2.43. The van der Waals surface area contributed by atoms with Crippen molar-refractivity contribution in [3.63, 3.8) is 0 Å². The average molecular weight is 112 g/mol. The molecular formula is C6H8O2. The maximum absolute atomic E-state index is 8.81. The van der Waals surface area contributed by atoms with Crippen LogP contribution in [0.2, 0.25) is 0 Å². The van der Waals surface area contributed by atoms with Gasteiger partial charge in [-0.05, 0) is 6.08 Å². The van der Waals surface area contributed by atoms with Crippen molar-refractivity contribution in [1.29, 1.82) is 0 Å². The van der Waals surface area contributed by atoms with E-state index in [2.05, 4.69) is 12.3 Å². The number of aliphatic hydroxyl groups is 1. The Balaban J connectivity index is 2.37. The lowest BCUT2D eigenvalue weighted by atomic mass is 10.1. The molecular weight excluding hydrogens is 104 g/mol. The molecule has 1 aliphatic heterocycles. The van der Waals surface area contributed by atoms with Crippen molar-refractivity contribution in [3.05, 3.63) is 18.4 Å². The van der Waals surface area contributed by atoms with Crippen LogP contribution in [0.3, 0.4) is 0 Å². The van der Waals surface area contributed by atoms with Crippen molar-refractivity contribution in [2.75, 3.05) is 6.61 Å². The minimum Gasteiger partial charge on any atom is -0.388 e. The first-order valence-electron chi connectivity index (χ1n) is 2.50. The molecule has 44 valence electrons. The van der Waals surface area contributed by atoms with E-state index in [4.69, 9.17) is 9.84 Å². The predicted octanol–water partition coefficient (Wildman–Crippen LogP) is 0.0872. The van der Waals surface area contributed by atoms with E-state index in [0.29, 0.717) is 6.61 Å². The van der Waals surface area contributed by atoms with E-state index in [1.54, 1.807) is 6.08 Å². The molecule has 0 aromatic heterocycles. The molecule has 2 nitrogen and oxygen atoms in total. The van der Waals surface area contributed by atoms with Crippen molar-refractivity contribution in [3.8, 4) is 0 Å². The quantitative estimate of drug-likeness (QED) is 0.487. The minimum atomic E-state index is -0.329. The van der Waals surface area contributed by atoms with Crippen LogP contribution in [0.4, 0.5) is 0 Å². The SMILES string of the molecule is C=C=CC1OCC1O. The highest BCUT2D eigenvalue weighted by atomic mass is 16.5. The summed E-state index contributed by atoms with van der Waals surface area (Å²) in [5, 5.41) is 8.81. The van der Waals surface area contributed by atoms with Crippen LogP contribution in [-0.4, -0.2) is 23.9 Å². The van der Waals surface area contributed by atoms with E-state index >= 15 is 0 Å². The molecule has 1 N–H and O–H groups in total. The van der Waals surface area contributed by atoms with Crippen LogP contribution >= 0.6 is 0 Å². The standard InChI is InChI=1S/C6H8O2/c1-2-3-6-5(7)4-8-6/h3,5-7H,1,4H2. The van der Waals surface area contributed by atoms with Crippen molar-refractivity contribution < 1.29 is 9.84 Å². The summed E-state index contributed by atoms with van der Waals surface area (Å²) in [6.07, 6.45) is 1.14. The van der Waals surface area contributed by atoms with Gasteiger partial charge in [0.15, 0.2) is 0 Å². The number of aliphatic hydroxyl groups excluding tert-OH is 1. The third-order valence-corrected chi connectivity index (χ3v) is 1.12. The van der Waals surface area contributed by atoms with Crippen LogP contribution in [0, 0.1) is 0 Å². The fourth-order valence-electron chi connectivity index (χ4n) is 0.569. The molecule has 0 aromatic carbocycles. The summed E-state index contributed by atoms with van der Waals surface area (Å²) in [6.45, 7) is 3.79. The molecule has 1 heterocycles. The zero-order chi connectivity index (χ0) is 5.98. The van der Waals surface area contributed by atoms with E-state index in [9.17, 15) is 0 Å². The largest absolute Gasteiger partial charge is 0.388 e. The number of hydrogen-bond acceptors (Lipinski definition) is 2. The molecule has 0 aromatic rings. The normalized spacial score (nSPS) is 35.1. The van der Waals surface area contributed by atoms with E-state index in [1.807, 2.05) is 0 Å². The summed E-state index contributed by atoms with van der Waals surface area (Å²) in [7, 11) is 0. The second-order valence-electron chi connectivity index (χ2n) is 1.74. The van der Waals surface area contributed by atoms with E-state index in [-0.39, 0.29) is 12.2 Å². The Morgan fingerprint density at radius 3 is 2.75 bits per heavy atom. The highest BCUT2D eigenvalue weighted by Gasteiger charge is 2.26. The molecule has 0 bridgehead atoms. The van der Waals surface area contributed by atoms with Crippen molar-refractivity contribution in [1.82, 2.24) is 0 Å². The van der Waals surface area contributed by atoms with Crippen LogP contribution in [0.15, 0.2) is 18.4 Å². The Morgan fingerprint density at radius 2 is 2.62 bits per heavy atom. The molecule has 1 rings (SSSR count). The molecule has 1 aliphatic rings. The highest BCUT2D eigenvalue weighted by molar-refractivity contribution is 4.95. The van der Waals surface area contributed by atoms with Crippen LogP contribution in [-0.2, 0) is 4.74 Å². The molecule has 0 spiro atoms. The first kappa shape index (κ1) is 5.57. The third-order valence-electron chi connectivity index (χ3n) is 1.12. The minimum absolute atomic E-state index is 0.146. The highest BCUT2D eigenvalue weighted by Crippen LogP contribution is 2.11. The second kappa shape index (κ2) is 2.14. The molecule has 2 heteroatoms. The third kappa shape index (κ3) is 0.819. The molecule has 0 amide bonds. The van der Waals surface area contributed by atoms with Gasteiger partial charge in [-0.1, -0.05) is 6.58 Å². The molecule has 8 heavy (non-hydrogen) atoms. The first-order chi connectivity index (χ1) is 3.84. The molecule has 2 atom stereocenters. The van der Waals surface area contributed by atoms with Gasteiger partial charge in [0.1, 0.15) is 12.2 Å². The Hall–Kier alpha value is -0.560. The number of hydrogen-bond donors (Lipinski definition) is 1. The lowest BCUT2D eigenvalue weighted by Gasteiger charge is -2.29. The Morgan fingerprint density at radius 1 is 1.88 bits per heavy atom. The van der Waals surface area contributed by atoms with Gasteiger partial charge >= 0.3 is 0 Å². The van der Waals surface area contributed by atoms with Crippen LogP contribution < -0.4 is 0 Å². The summed E-state index contributed by atoms with van der Waals surface area (Å²) in [4.78, 5) is 0. The van der Waals surface area contributed by atoms with Gasteiger partial charge < -0.3 is 9.84 Å². The second-order valence-corrected chi connectivity index (χ2v) is 1.74. The van der Waals surface area contributed by atoms with Gasteiger partial charge in [0, 0.05) is 0 Å². The van der Waals surface area contributed by atoms with E-state index in [1.165, 1.54) is 0 Å². The fraction of sp³-hybridized carbons (Fsp3) is 0.500. The lowest BCUT2D eigenvalue weighted by molar-refractivity contribution is -0.137. The predicted molar refractivity (Wildman–Crippen MR) is 29.5 cm³/mol. The maximum Gasteiger partial charge on any atom is 0.111 e. The molecule has 2 unspecified atom stereocenters. The van der Waals surface area contributed by atoms with Crippen molar-refractivity contribution in [2.24, 2.45) is 0 Å². The van der Waals surface area contributed by atoms with Crippen LogP contribution in [0.25, 0.3) is 0 Å². The Labute approximate surface area is 48.1 Å². The van der Waals surface area contributed by atoms with Crippen LogP contribution in [0.5, 0.6) is 0 Å². The van der Waals surface area contributed by atoms with Gasteiger partial charge in [-0.15, -0.1) is 5.73 Å². The van der Waals surface area contributed by atoms with Crippen LogP contribution in [0.1, 0.15) is 0 Å². The van der Waals surface area contributed by atoms with E-state index in [0.717, 1.165) is 0 Å².